The smallest absolute Gasteiger partial charge is 0.193 e. The molecule has 0 amide bonds. The molecule has 0 aliphatic rings. The molecular formula is C18H21ClFN3O2. The highest BCUT2D eigenvalue weighted by Crippen LogP contribution is 2.20. The van der Waals surface area contributed by atoms with E-state index in [1.807, 2.05) is 38.1 Å². The fourth-order valence-corrected chi connectivity index (χ4v) is 2.20. The molecule has 0 saturated heterocycles. The minimum Gasteiger partial charge on any atom is -0.491 e. The third-order valence-electron chi connectivity index (χ3n) is 3.26. The minimum absolute atomic E-state index is 0.00512. The van der Waals surface area contributed by atoms with Crippen molar-refractivity contribution in [3.05, 3.63) is 58.9 Å². The molecule has 5 nitrogen and oxygen atoms in total. The number of hydrogen-bond acceptors (Lipinski definition) is 3. The molecule has 0 radical (unpaired) electrons. The number of aliphatic hydroxyl groups is 1. The number of anilines is 1. The summed E-state index contributed by atoms with van der Waals surface area (Å²) in [6.07, 6.45) is -0.876. The van der Waals surface area contributed by atoms with E-state index in [0.29, 0.717) is 5.56 Å². The Balaban J connectivity index is 1.93. The molecule has 25 heavy (non-hydrogen) atoms. The zero-order valence-electron chi connectivity index (χ0n) is 14.0. The van der Waals surface area contributed by atoms with E-state index in [1.165, 1.54) is 12.1 Å². The largest absolute Gasteiger partial charge is 0.491 e. The van der Waals surface area contributed by atoms with Crippen molar-refractivity contribution < 1.29 is 14.2 Å². The van der Waals surface area contributed by atoms with E-state index in [9.17, 15) is 9.50 Å². The second-order valence-corrected chi connectivity index (χ2v) is 6.14. The number of aliphatic hydroxyl groups excluding tert-OH is 1. The first-order valence-electron chi connectivity index (χ1n) is 7.82. The standard InChI is InChI=1S/C18H21ClFN3O2/c1-11(2)25-14-6-4-13(5-7-14)23-18(21)22-10-17(24)12-3-8-15(19)16(20)9-12/h3-9,11,17,24H,10H2,1-2H3,(H3,21,22,23). The first-order valence-corrected chi connectivity index (χ1v) is 8.19. The highest BCUT2D eigenvalue weighted by molar-refractivity contribution is 6.30. The number of rotatable bonds is 6. The van der Waals surface area contributed by atoms with E-state index >= 15 is 0 Å². The summed E-state index contributed by atoms with van der Waals surface area (Å²) in [5, 5.41) is 13.0. The van der Waals surface area contributed by atoms with Crippen molar-refractivity contribution in [1.82, 2.24) is 0 Å². The van der Waals surface area contributed by atoms with E-state index in [0.717, 1.165) is 11.4 Å². The number of aliphatic imine (C=N–C) groups is 1. The summed E-state index contributed by atoms with van der Waals surface area (Å²) in [4.78, 5) is 4.07. The third kappa shape index (κ3) is 5.92. The normalized spacial score (nSPS) is 13.0. The van der Waals surface area contributed by atoms with Crippen LogP contribution in [0.3, 0.4) is 0 Å². The molecule has 0 fully saturated rings. The zero-order chi connectivity index (χ0) is 18.4. The van der Waals surface area contributed by atoms with Gasteiger partial charge in [0.2, 0.25) is 0 Å². The first-order chi connectivity index (χ1) is 11.8. The van der Waals surface area contributed by atoms with Crippen LogP contribution in [0.4, 0.5) is 10.1 Å². The molecular weight excluding hydrogens is 345 g/mol. The van der Waals surface area contributed by atoms with Gasteiger partial charge in [-0.15, -0.1) is 0 Å². The number of guanidine groups is 1. The maximum atomic E-state index is 13.4. The SMILES string of the molecule is CC(C)Oc1ccc(NC(N)=NCC(O)c2ccc(Cl)c(F)c2)cc1. The van der Waals surface area contributed by atoms with E-state index in [-0.39, 0.29) is 23.6 Å². The number of ether oxygens (including phenoxy) is 1. The van der Waals surface area contributed by atoms with Gasteiger partial charge in [-0.05, 0) is 55.8 Å². The van der Waals surface area contributed by atoms with Crippen LogP contribution in [0.2, 0.25) is 5.02 Å². The average Bonchev–Trinajstić information content (AvgIpc) is 2.56. The van der Waals surface area contributed by atoms with Gasteiger partial charge >= 0.3 is 0 Å². The number of nitrogens with zero attached hydrogens (tertiary/aromatic N) is 1. The van der Waals surface area contributed by atoms with Crippen LogP contribution < -0.4 is 15.8 Å². The lowest BCUT2D eigenvalue weighted by Crippen LogP contribution is -2.23. The Kier molecular flexibility index (Phi) is 6.61. The molecule has 0 heterocycles. The van der Waals surface area contributed by atoms with Crippen molar-refractivity contribution >= 4 is 23.2 Å². The highest BCUT2D eigenvalue weighted by atomic mass is 35.5. The molecule has 1 unspecified atom stereocenters. The van der Waals surface area contributed by atoms with E-state index < -0.39 is 11.9 Å². The summed E-state index contributed by atoms with van der Waals surface area (Å²) < 4.78 is 19.0. The van der Waals surface area contributed by atoms with Crippen LogP contribution in [-0.2, 0) is 0 Å². The van der Waals surface area contributed by atoms with Crippen LogP contribution in [0.15, 0.2) is 47.5 Å². The third-order valence-corrected chi connectivity index (χ3v) is 3.57. The Hall–Kier alpha value is -2.31. The summed E-state index contributed by atoms with van der Waals surface area (Å²) in [5.74, 6) is 0.319. The Morgan fingerprint density at radius 1 is 1.28 bits per heavy atom. The van der Waals surface area contributed by atoms with Crippen molar-refractivity contribution in [2.75, 3.05) is 11.9 Å². The number of halogens is 2. The molecule has 2 aromatic carbocycles. The summed E-state index contributed by atoms with van der Waals surface area (Å²) in [5.41, 5.74) is 6.93. The molecule has 0 aliphatic carbocycles. The fourth-order valence-electron chi connectivity index (χ4n) is 2.09. The molecule has 2 rings (SSSR count). The van der Waals surface area contributed by atoms with Gasteiger partial charge in [0.1, 0.15) is 11.6 Å². The van der Waals surface area contributed by atoms with Gasteiger partial charge < -0.3 is 20.9 Å². The Morgan fingerprint density at radius 2 is 1.96 bits per heavy atom. The highest BCUT2D eigenvalue weighted by Gasteiger charge is 2.10. The Labute approximate surface area is 151 Å². The van der Waals surface area contributed by atoms with Gasteiger partial charge in [0.15, 0.2) is 5.96 Å². The van der Waals surface area contributed by atoms with Crippen LogP contribution in [0.25, 0.3) is 0 Å². The number of nitrogens with two attached hydrogens (primary N) is 1. The summed E-state index contributed by atoms with van der Waals surface area (Å²) >= 11 is 5.62. The fraction of sp³-hybridized carbons (Fsp3) is 0.278. The van der Waals surface area contributed by atoms with Crippen molar-refractivity contribution in [1.29, 1.82) is 0 Å². The van der Waals surface area contributed by atoms with Crippen molar-refractivity contribution in [3.8, 4) is 5.75 Å². The van der Waals surface area contributed by atoms with E-state index in [1.54, 1.807) is 6.07 Å². The lowest BCUT2D eigenvalue weighted by molar-refractivity contribution is 0.187. The maximum Gasteiger partial charge on any atom is 0.193 e. The predicted molar refractivity (Wildman–Crippen MR) is 98.7 cm³/mol. The molecule has 0 aromatic heterocycles. The maximum absolute atomic E-state index is 13.4. The predicted octanol–water partition coefficient (Wildman–Crippen LogP) is 3.73. The van der Waals surface area contributed by atoms with Gasteiger partial charge in [-0.1, -0.05) is 17.7 Å². The lowest BCUT2D eigenvalue weighted by Gasteiger charge is -2.12. The molecule has 7 heteroatoms. The van der Waals surface area contributed by atoms with Crippen LogP contribution in [0.1, 0.15) is 25.5 Å². The van der Waals surface area contributed by atoms with Crippen LogP contribution >= 0.6 is 11.6 Å². The van der Waals surface area contributed by atoms with E-state index in [2.05, 4.69) is 10.3 Å². The van der Waals surface area contributed by atoms with Gasteiger partial charge in [0.25, 0.3) is 0 Å². The van der Waals surface area contributed by atoms with E-state index in [4.69, 9.17) is 22.1 Å². The van der Waals surface area contributed by atoms with Crippen LogP contribution in [0.5, 0.6) is 5.75 Å². The van der Waals surface area contributed by atoms with Crippen LogP contribution in [-0.4, -0.2) is 23.7 Å². The quantitative estimate of drug-likeness (QED) is 0.538. The van der Waals surface area contributed by atoms with Gasteiger partial charge in [-0.2, -0.15) is 0 Å². The Morgan fingerprint density at radius 3 is 2.56 bits per heavy atom. The number of nitrogens with one attached hydrogen (secondary N) is 1. The molecule has 2 aromatic rings. The minimum atomic E-state index is -0.978. The second-order valence-electron chi connectivity index (χ2n) is 5.73. The molecule has 4 N–H and O–H groups in total. The van der Waals surface area contributed by atoms with Crippen LogP contribution in [0, 0.1) is 5.82 Å². The van der Waals surface area contributed by atoms with Crippen molar-refractivity contribution in [3.63, 3.8) is 0 Å². The lowest BCUT2D eigenvalue weighted by atomic mass is 10.1. The molecule has 0 spiro atoms. The van der Waals surface area contributed by atoms with Gasteiger partial charge in [0, 0.05) is 5.69 Å². The molecule has 0 saturated carbocycles. The monoisotopic (exact) mass is 365 g/mol. The van der Waals surface area contributed by atoms with Crippen molar-refractivity contribution in [2.45, 2.75) is 26.1 Å². The topological polar surface area (TPSA) is 79.9 Å². The Bertz CT molecular complexity index is 736. The number of benzene rings is 2. The molecule has 134 valence electrons. The summed E-state index contributed by atoms with van der Waals surface area (Å²) in [6, 6.07) is 11.4. The van der Waals surface area contributed by atoms with Gasteiger partial charge in [0.05, 0.1) is 23.8 Å². The molecule has 0 bridgehead atoms. The zero-order valence-corrected chi connectivity index (χ0v) is 14.8. The number of hydrogen-bond donors (Lipinski definition) is 3. The summed E-state index contributed by atoms with van der Waals surface area (Å²) in [6.45, 7) is 3.90. The van der Waals surface area contributed by atoms with Gasteiger partial charge in [-0.25, -0.2) is 4.39 Å². The summed E-state index contributed by atoms with van der Waals surface area (Å²) in [7, 11) is 0. The van der Waals surface area contributed by atoms with Gasteiger partial charge in [-0.3, -0.25) is 4.99 Å². The first kappa shape index (κ1) is 19.0. The van der Waals surface area contributed by atoms with Crippen molar-refractivity contribution in [2.24, 2.45) is 10.7 Å². The molecule has 1 atom stereocenters. The second kappa shape index (κ2) is 8.69. The average molecular weight is 366 g/mol. The molecule has 0 aliphatic heterocycles.